The van der Waals surface area contributed by atoms with E-state index < -0.39 is 10.0 Å². The molecule has 2 aromatic carbocycles. The van der Waals surface area contributed by atoms with Crippen molar-refractivity contribution >= 4 is 50.2 Å². The Kier molecular flexibility index (Phi) is 7.26. The number of carbonyl (C=O) groups excluding carboxylic acids is 1. The molecule has 13 heteroatoms. The molecule has 0 unspecified atom stereocenters. The zero-order valence-electron chi connectivity index (χ0n) is 21.3. The van der Waals surface area contributed by atoms with E-state index in [9.17, 15) is 13.2 Å². The monoisotopic (exact) mass is 560 g/mol. The second-order valence-corrected chi connectivity index (χ2v) is 11.4. The third-order valence-corrected chi connectivity index (χ3v) is 7.98. The van der Waals surface area contributed by atoms with Crippen molar-refractivity contribution in [1.82, 2.24) is 29.7 Å². The van der Waals surface area contributed by atoms with Crippen LogP contribution in [0, 0.1) is 20.8 Å². The Labute approximate surface area is 229 Å². The molecule has 198 valence electrons. The van der Waals surface area contributed by atoms with E-state index in [0.29, 0.717) is 27.9 Å². The van der Waals surface area contributed by atoms with E-state index in [4.69, 9.17) is 0 Å². The van der Waals surface area contributed by atoms with Crippen LogP contribution in [-0.4, -0.2) is 49.8 Å². The highest BCUT2D eigenvalue weighted by atomic mass is 32.2. The standard InChI is InChI=1S/C26H24N8O3S2/c1-16-4-8-20(9-5-16)34-25-22(13-29-34)26(28-15-27-25)38-14-24(35)32-19-6-10-21(11-7-19)39(36,37)33-23-12-17(2)30-18(3)31-23/h4-13,15H,14H2,1-3H3,(H,32,35)(H,30,31,33). The number of hydrogen-bond acceptors (Lipinski definition) is 9. The van der Waals surface area contributed by atoms with Gasteiger partial charge in [0.25, 0.3) is 10.0 Å². The van der Waals surface area contributed by atoms with Gasteiger partial charge < -0.3 is 5.32 Å². The van der Waals surface area contributed by atoms with Gasteiger partial charge in [0.15, 0.2) is 5.65 Å². The number of sulfonamides is 1. The predicted molar refractivity (Wildman–Crippen MR) is 150 cm³/mol. The third-order valence-electron chi connectivity index (χ3n) is 5.60. The van der Waals surface area contributed by atoms with Crippen molar-refractivity contribution < 1.29 is 13.2 Å². The first kappa shape index (κ1) is 26.3. The molecule has 0 bridgehead atoms. The largest absolute Gasteiger partial charge is 0.325 e. The number of amides is 1. The Bertz CT molecular complexity index is 1750. The minimum Gasteiger partial charge on any atom is -0.325 e. The summed E-state index contributed by atoms with van der Waals surface area (Å²) in [6.07, 6.45) is 3.14. The maximum atomic E-state index is 12.8. The van der Waals surface area contributed by atoms with E-state index in [2.05, 4.69) is 35.1 Å². The van der Waals surface area contributed by atoms with E-state index in [0.717, 1.165) is 16.6 Å². The van der Waals surface area contributed by atoms with Crippen molar-refractivity contribution in [3.05, 3.63) is 84.2 Å². The molecule has 3 heterocycles. The molecule has 0 aliphatic heterocycles. The van der Waals surface area contributed by atoms with Gasteiger partial charge in [-0.2, -0.15) is 5.10 Å². The Balaban J connectivity index is 1.23. The summed E-state index contributed by atoms with van der Waals surface area (Å²) < 4.78 is 29.7. The Morgan fingerprint density at radius 2 is 1.72 bits per heavy atom. The highest BCUT2D eigenvalue weighted by Gasteiger charge is 2.17. The smallest absolute Gasteiger partial charge is 0.263 e. The SMILES string of the molecule is Cc1ccc(-n2ncc3c(SCC(=O)Nc4ccc(S(=O)(=O)Nc5cc(C)nc(C)n5)cc4)ncnc32)cc1. The van der Waals surface area contributed by atoms with Crippen LogP contribution >= 0.6 is 11.8 Å². The fourth-order valence-corrected chi connectivity index (χ4v) is 5.58. The van der Waals surface area contributed by atoms with Gasteiger partial charge in [-0.3, -0.25) is 9.52 Å². The average Bonchev–Trinajstić information content (AvgIpc) is 3.32. The summed E-state index contributed by atoms with van der Waals surface area (Å²) in [7, 11) is -3.86. The van der Waals surface area contributed by atoms with Crippen molar-refractivity contribution in [2.75, 3.05) is 15.8 Å². The molecule has 0 atom stereocenters. The number of fused-ring (bicyclic) bond motifs is 1. The fourth-order valence-electron chi connectivity index (χ4n) is 3.83. The average molecular weight is 561 g/mol. The van der Waals surface area contributed by atoms with Crippen molar-refractivity contribution in [3.8, 4) is 5.69 Å². The van der Waals surface area contributed by atoms with Crippen LogP contribution in [0.2, 0.25) is 0 Å². The summed E-state index contributed by atoms with van der Waals surface area (Å²) in [6.45, 7) is 5.46. The van der Waals surface area contributed by atoms with Gasteiger partial charge in [-0.25, -0.2) is 33.0 Å². The summed E-state index contributed by atoms with van der Waals surface area (Å²) in [5.41, 5.74) is 3.79. The molecule has 0 radical (unpaired) electrons. The minimum absolute atomic E-state index is 0.0396. The Morgan fingerprint density at radius 1 is 0.974 bits per heavy atom. The first-order valence-corrected chi connectivity index (χ1v) is 14.3. The molecule has 39 heavy (non-hydrogen) atoms. The Hall–Kier alpha value is -4.36. The quantitative estimate of drug-likeness (QED) is 0.212. The summed E-state index contributed by atoms with van der Waals surface area (Å²) >= 11 is 1.26. The van der Waals surface area contributed by atoms with Gasteiger partial charge in [0.2, 0.25) is 5.91 Å². The maximum Gasteiger partial charge on any atom is 0.263 e. The van der Waals surface area contributed by atoms with Gasteiger partial charge in [-0.05, 0) is 57.2 Å². The first-order valence-electron chi connectivity index (χ1n) is 11.8. The molecule has 0 spiro atoms. The molecule has 2 N–H and O–H groups in total. The molecule has 5 rings (SSSR count). The molecule has 0 aliphatic carbocycles. The van der Waals surface area contributed by atoms with Crippen LogP contribution in [0.25, 0.3) is 16.7 Å². The van der Waals surface area contributed by atoms with Crippen molar-refractivity contribution in [1.29, 1.82) is 0 Å². The van der Waals surface area contributed by atoms with E-state index >= 15 is 0 Å². The molecule has 0 saturated heterocycles. The van der Waals surface area contributed by atoms with Crippen molar-refractivity contribution in [2.45, 2.75) is 30.7 Å². The number of rotatable bonds is 8. The lowest BCUT2D eigenvalue weighted by Gasteiger charge is -2.10. The van der Waals surface area contributed by atoms with Crippen molar-refractivity contribution in [3.63, 3.8) is 0 Å². The van der Waals surface area contributed by atoms with Crippen LogP contribution in [0.5, 0.6) is 0 Å². The highest BCUT2D eigenvalue weighted by Crippen LogP contribution is 2.26. The molecule has 3 aromatic heterocycles. The van der Waals surface area contributed by atoms with Gasteiger partial charge in [0.05, 0.1) is 27.9 Å². The molecule has 11 nitrogen and oxygen atoms in total. The summed E-state index contributed by atoms with van der Waals surface area (Å²) in [5.74, 6) is 0.484. The van der Waals surface area contributed by atoms with Gasteiger partial charge in [0.1, 0.15) is 23.0 Å². The number of benzene rings is 2. The second kappa shape index (κ2) is 10.8. The predicted octanol–water partition coefficient (Wildman–Crippen LogP) is 4.06. The van der Waals surface area contributed by atoms with Crippen LogP contribution in [-0.2, 0) is 14.8 Å². The molecule has 1 amide bonds. The molecule has 5 aromatic rings. The lowest BCUT2D eigenvalue weighted by atomic mass is 10.2. The van der Waals surface area contributed by atoms with Crippen LogP contribution in [0.15, 0.2) is 77.0 Å². The normalized spacial score (nSPS) is 11.5. The number of aromatic nitrogens is 6. The molecular formula is C26H24N8O3S2. The lowest BCUT2D eigenvalue weighted by molar-refractivity contribution is -0.113. The fraction of sp³-hybridized carbons (Fsp3) is 0.154. The number of nitrogens with zero attached hydrogens (tertiary/aromatic N) is 6. The van der Waals surface area contributed by atoms with Crippen LogP contribution in [0.1, 0.15) is 17.1 Å². The van der Waals surface area contributed by atoms with E-state index in [1.54, 1.807) is 30.8 Å². The lowest BCUT2D eigenvalue weighted by Crippen LogP contribution is -2.16. The van der Waals surface area contributed by atoms with Gasteiger partial charge in [0, 0.05) is 17.4 Å². The number of carbonyl (C=O) groups is 1. The zero-order valence-corrected chi connectivity index (χ0v) is 22.9. The van der Waals surface area contributed by atoms with Crippen LogP contribution < -0.4 is 10.0 Å². The second-order valence-electron chi connectivity index (χ2n) is 8.72. The number of anilines is 2. The minimum atomic E-state index is -3.86. The number of thioether (sulfide) groups is 1. The van der Waals surface area contributed by atoms with Crippen LogP contribution in [0.4, 0.5) is 11.5 Å². The van der Waals surface area contributed by atoms with Gasteiger partial charge >= 0.3 is 0 Å². The Morgan fingerprint density at radius 3 is 2.44 bits per heavy atom. The molecule has 0 saturated carbocycles. The van der Waals surface area contributed by atoms with E-state index in [1.807, 2.05) is 31.2 Å². The van der Waals surface area contributed by atoms with E-state index in [-0.39, 0.29) is 22.4 Å². The number of aryl methyl sites for hydroxylation is 3. The first-order chi connectivity index (χ1) is 18.7. The topological polar surface area (TPSA) is 145 Å². The summed E-state index contributed by atoms with van der Waals surface area (Å²) in [6, 6.07) is 15.4. The zero-order chi connectivity index (χ0) is 27.6. The third kappa shape index (κ3) is 6.04. The maximum absolute atomic E-state index is 12.8. The van der Waals surface area contributed by atoms with Crippen molar-refractivity contribution in [2.24, 2.45) is 0 Å². The number of nitrogens with one attached hydrogen (secondary N) is 2. The van der Waals surface area contributed by atoms with E-state index in [1.165, 1.54) is 42.4 Å². The molecule has 0 aliphatic rings. The van der Waals surface area contributed by atoms with Crippen LogP contribution in [0.3, 0.4) is 0 Å². The molecule has 0 fully saturated rings. The molecular weight excluding hydrogens is 536 g/mol. The van der Waals surface area contributed by atoms with Gasteiger partial charge in [-0.15, -0.1) is 0 Å². The highest BCUT2D eigenvalue weighted by molar-refractivity contribution is 8.00. The van der Waals surface area contributed by atoms with Gasteiger partial charge in [-0.1, -0.05) is 29.5 Å². The number of hydrogen-bond donors (Lipinski definition) is 2. The summed E-state index contributed by atoms with van der Waals surface area (Å²) in [5, 5.41) is 8.61. The summed E-state index contributed by atoms with van der Waals surface area (Å²) in [4.78, 5) is 29.6.